The van der Waals surface area contributed by atoms with Crippen molar-refractivity contribution in [1.29, 1.82) is 0 Å². The smallest absolute Gasteiger partial charge is 0.0792 e. The van der Waals surface area contributed by atoms with Gasteiger partial charge in [0, 0.05) is 16.3 Å². The van der Waals surface area contributed by atoms with Crippen LogP contribution in [0.2, 0.25) is 0 Å². The summed E-state index contributed by atoms with van der Waals surface area (Å²) in [7, 11) is 0. The predicted octanol–water partition coefficient (Wildman–Crippen LogP) is 3.17. The topological polar surface area (TPSA) is 12.0 Å². The Morgan fingerprint density at radius 3 is 3.00 bits per heavy atom. The zero-order valence-corrected chi connectivity index (χ0v) is 9.86. The van der Waals surface area contributed by atoms with E-state index < -0.39 is 0 Å². The highest BCUT2D eigenvalue weighted by Gasteiger charge is 2.21. The minimum Gasteiger partial charge on any atom is -0.298 e. The molecule has 1 aliphatic heterocycles. The number of halogens is 1. The van der Waals surface area contributed by atoms with Gasteiger partial charge in [-0.3, -0.25) is 5.32 Å². The van der Waals surface area contributed by atoms with Crippen molar-refractivity contribution in [3.8, 4) is 0 Å². The number of nitrogens with one attached hydrogen (secondary N) is 1. The van der Waals surface area contributed by atoms with Crippen molar-refractivity contribution in [2.75, 3.05) is 5.75 Å². The van der Waals surface area contributed by atoms with Crippen molar-refractivity contribution in [1.82, 2.24) is 5.32 Å². The molecule has 0 aliphatic carbocycles. The molecule has 0 amide bonds. The van der Waals surface area contributed by atoms with Gasteiger partial charge in [-0.25, -0.2) is 0 Å². The van der Waals surface area contributed by atoms with E-state index in [1.807, 2.05) is 11.8 Å². The third kappa shape index (κ3) is 2.27. The highest BCUT2D eigenvalue weighted by Crippen LogP contribution is 2.33. The van der Waals surface area contributed by atoms with Gasteiger partial charge >= 0.3 is 0 Å². The Morgan fingerprint density at radius 2 is 2.38 bits per heavy atom. The summed E-state index contributed by atoms with van der Waals surface area (Å²) in [6.07, 6.45) is 0. The van der Waals surface area contributed by atoms with Gasteiger partial charge in [-0.1, -0.05) is 28.1 Å². The van der Waals surface area contributed by atoms with Crippen molar-refractivity contribution in [2.45, 2.75) is 18.3 Å². The number of thioether (sulfide) groups is 1. The Morgan fingerprint density at radius 1 is 1.54 bits per heavy atom. The third-order valence-electron chi connectivity index (χ3n) is 2.10. The summed E-state index contributed by atoms with van der Waals surface area (Å²) in [5, 5.41) is 4.02. The molecule has 1 fully saturated rings. The molecule has 70 valence electrons. The second-order valence-corrected chi connectivity index (χ2v) is 5.39. The molecule has 1 N–H and O–H groups in total. The molecule has 13 heavy (non-hydrogen) atoms. The lowest BCUT2D eigenvalue weighted by Crippen LogP contribution is -2.21. The van der Waals surface area contributed by atoms with E-state index in [1.54, 1.807) is 0 Å². The van der Waals surface area contributed by atoms with E-state index in [-0.39, 0.29) is 0 Å². The molecule has 3 heteroatoms. The number of hydrogen-bond acceptors (Lipinski definition) is 2. The molecular formula is C10H12BrNS. The molecule has 0 bridgehead atoms. The molecule has 2 rings (SSSR count). The Hall–Kier alpha value is 0.01000. The molecule has 1 saturated heterocycles. The molecule has 1 aromatic rings. The lowest BCUT2D eigenvalue weighted by Gasteiger charge is -2.10. The van der Waals surface area contributed by atoms with Crippen LogP contribution >= 0.6 is 27.7 Å². The van der Waals surface area contributed by atoms with Gasteiger partial charge < -0.3 is 0 Å². The maximum Gasteiger partial charge on any atom is 0.0792 e. The highest BCUT2D eigenvalue weighted by atomic mass is 79.9. The van der Waals surface area contributed by atoms with Gasteiger partial charge in [-0.15, -0.1) is 11.8 Å². The largest absolute Gasteiger partial charge is 0.298 e. The molecule has 0 saturated carbocycles. The van der Waals surface area contributed by atoms with Crippen LogP contribution in [0.3, 0.4) is 0 Å². The van der Waals surface area contributed by atoms with E-state index in [9.17, 15) is 0 Å². The van der Waals surface area contributed by atoms with Crippen LogP contribution in [0.25, 0.3) is 0 Å². The van der Waals surface area contributed by atoms with Crippen molar-refractivity contribution >= 4 is 27.7 Å². The van der Waals surface area contributed by atoms with Gasteiger partial charge in [0.15, 0.2) is 0 Å². The summed E-state index contributed by atoms with van der Waals surface area (Å²) in [6.45, 7) is 2.23. The molecule has 1 aromatic carbocycles. The van der Waals surface area contributed by atoms with Crippen molar-refractivity contribution in [2.24, 2.45) is 0 Å². The van der Waals surface area contributed by atoms with Crippen molar-refractivity contribution in [3.63, 3.8) is 0 Å². The molecule has 0 radical (unpaired) electrons. The summed E-state index contributed by atoms with van der Waals surface area (Å²) in [5.41, 5.74) is 1.36. The zero-order valence-electron chi connectivity index (χ0n) is 7.46. The Kier molecular flexibility index (Phi) is 2.96. The summed E-state index contributed by atoms with van der Waals surface area (Å²) in [6, 6.07) is 9.14. The van der Waals surface area contributed by atoms with Crippen LogP contribution < -0.4 is 5.32 Å². The van der Waals surface area contributed by atoms with Crippen LogP contribution in [0.1, 0.15) is 17.9 Å². The highest BCUT2D eigenvalue weighted by molar-refractivity contribution is 9.10. The number of rotatable bonds is 1. The van der Waals surface area contributed by atoms with Crippen molar-refractivity contribution in [3.05, 3.63) is 34.3 Å². The first kappa shape index (κ1) is 9.56. The fraction of sp³-hybridized carbons (Fsp3) is 0.400. The maximum absolute atomic E-state index is 3.54. The second-order valence-electron chi connectivity index (χ2n) is 3.34. The SMILES string of the molecule is CC1CSC(c2cccc(Br)c2)N1. The van der Waals surface area contributed by atoms with Crippen LogP contribution in [0.5, 0.6) is 0 Å². The fourth-order valence-corrected chi connectivity index (χ4v) is 3.12. The maximum atomic E-state index is 3.54. The first-order valence-electron chi connectivity index (χ1n) is 4.39. The average Bonchev–Trinajstić information content (AvgIpc) is 2.52. The van der Waals surface area contributed by atoms with Crippen molar-refractivity contribution < 1.29 is 0 Å². The first-order chi connectivity index (χ1) is 6.25. The quantitative estimate of drug-likeness (QED) is 0.830. The molecule has 2 unspecified atom stereocenters. The molecule has 0 aromatic heterocycles. The summed E-state index contributed by atoms with van der Waals surface area (Å²) in [4.78, 5) is 0. The minimum atomic E-state index is 0.479. The third-order valence-corrected chi connectivity index (χ3v) is 4.03. The van der Waals surface area contributed by atoms with E-state index in [2.05, 4.69) is 52.4 Å². The Balaban J connectivity index is 2.16. The lowest BCUT2D eigenvalue weighted by molar-refractivity contribution is 0.618. The van der Waals surface area contributed by atoms with E-state index >= 15 is 0 Å². The van der Waals surface area contributed by atoms with E-state index in [1.165, 1.54) is 11.3 Å². The molecule has 0 spiro atoms. The molecule has 1 nitrogen and oxygen atoms in total. The number of hydrogen-bond donors (Lipinski definition) is 1. The van der Waals surface area contributed by atoms with Crippen LogP contribution in [0.15, 0.2) is 28.7 Å². The van der Waals surface area contributed by atoms with Crippen LogP contribution in [-0.4, -0.2) is 11.8 Å². The first-order valence-corrected chi connectivity index (χ1v) is 6.23. The number of benzene rings is 1. The monoisotopic (exact) mass is 257 g/mol. The zero-order chi connectivity index (χ0) is 9.26. The van der Waals surface area contributed by atoms with Gasteiger partial charge in [0.2, 0.25) is 0 Å². The lowest BCUT2D eigenvalue weighted by atomic mass is 10.2. The average molecular weight is 258 g/mol. The second kappa shape index (κ2) is 4.03. The molecular weight excluding hydrogens is 246 g/mol. The molecule has 1 aliphatic rings. The fourth-order valence-electron chi connectivity index (χ4n) is 1.46. The van der Waals surface area contributed by atoms with Crippen LogP contribution in [0, 0.1) is 0 Å². The minimum absolute atomic E-state index is 0.479. The molecule has 2 atom stereocenters. The van der Waals surface area contributed by atoms with Gasteiger partial charge in [0.25, 0.3) is 0 Å². The standard InChI is InChI=1S/C10H12BrNS/c1-7-6-13-10(12-7)8-3-2-4-9(11)5-8/h2-5,7,10,12H,6H2,1H3. The van der Waals surface area contributed by atoms with E-state index in [0.29, 0.717) is 11.4 Å². The van der Waals surface area contributed by atoms with E-state index in [0.717, 1.165) is 4.47 Å². The summed E-state index contributed by atoms with van der Waals surface area (Å²) >= 11 is 5.47. The predicted molar refractivity (Wildman–Crippen MR) is 61.9 cm³/mol. The molecule has 1 heterocycles. The Bertz CT molecular complexity index is 303. The van der Waals surface area contributed by atoms with Crippen LogP contribution in [0.4, 0.5) is 0 Å². The Labute approximate surface area is 91.4 Å². The van der Waals surface area contributed by atoms with Crippen LogP contribution in [-0.2, 0) is 0 Å². The van der Waals surface area contributed by atoms with Gasteiger partial charge in [-0.05, 0) is 24.6 Å². The van der Waals surface area contributed by atoms with Gasteiger partial charge in [0.1, 0.15) is 0 Å². The summed E-state index contributed by atoms with van der Waals surface area (Å²) in [5.74, 6) is 1.21. The normalized spacial score (nSPS) is 27.8. The van der Waals surface area contributed by atoms with Gasteiger partial charge in [0.05, 0.1) is 5.37 Å². The summed E-state index contributed by atoms with van der Waals surface area (Å²) < 4.78 is 1.16. The van der Waals surface area contributed by atoms with Gasteiger partial charge in [-0.2, -0.15) is 0 Å². The van der Waals surface area contributed by atoms with E-state index in [4.69, 9.17) is 0 Å².